The van der Waals surface area contributed by atoms with Crippen LogP contribution in [-0.4, -0.2) is 5.78 Å². The van der Waals surface area contributed by atoms with Gasteiger partial charge in [-0.3, -0.25) is 4.79 Å². The second-order valence-corrected chi connectivity index (χ2v) is 4.78. The average Bonchev–Trinajstić information content (AvgIpc) is 2.61. The van der Waals surface area contributed by atoms with Crippen molar-refractivity contribution in [2.45, 2.75) is 0 Å². The number of azo groups is 1. The molecule has 0 aliphatic carbocycles. The minimum absolute atomic E-state index is 0.00662. The summed E-state index contributed by atoms with van der Waals surface area (Å²) in [6.45, 7) is 0. The molecular formula is C19H14N2O. The molecule has 3 rings (SSSR count). The zero-order valence-electron chi connectivity index (χ0n) is 11.9. The van der Waals surface area contributed by atoms with Gasteiger partial charge in [0.25, 0.3) is 0 Å². The zero-order chi connectivity index (χ0) is 15.2. The first-order valence-electron chi connectivity index (χ1n) is 6.99. The van der Waals surface area contributed by atoms with Crippen molar-refractivity contribution >= 4 is 17.2 Å². The van der Waals surface area contributed by atoms with Crippen molar-refractivity contribution in [1.82, 2.24) is 0 Å². The molecule has 106 valence electrons. The molecular weight excluding hydrogens is 272 g/mol. The zero-order valence-corrected chi connectivity index (χ0v) is 11.9. The summed E-state index contributed by atoms with van der Waals surface area (Å²) in [6, 6.07) is 25.9. The van der Waals surface area contributed by atoms with Gasteiger partial charge >= 0.3 is 0 Å². The van der Waals surface area contributed by atoms with Gasteiger partial charge in [0.15, 0.2) is 5.78 Å². The third-order valence-corrected chi connectivity index (χ3v) is 3.20. The van der Waals surface area contributed by atoms with E-state index in [0.717, 1.165) is 5.69 Å². The third kappa shape index (κ3) is 3.33. The molecule has 0 heterocycles. The number of carbonyl (C=O) groups is 1. The minimum Gasteiger partial charge on any atom is -0.289 e. The van der Waals surface area contributed by atoms with E-state index in [4.69, 9.17) is 0 Å². The third-order valence-electron chi connectivity index (χ3n) is 3.20. The highest BCUT2D eigenvalue weighted by Gasteiger charge is 2.07. The van der Waals surface area contributed by atoms with Crippen LogP contribution >= 0.6 is 0 Å². The summed E-state index contributed by atoms with van der Waals surface area (Å²) in [5.41, 5.74) is 2.84. The predicted octanol–water partition coefficient (Wildman–Crippen LogP) is 5.33. The van der Waals surface area contributed by atoms with E-state index < -0.39 is 0 Å². The average molecular weight is 286 g/mol. The molecule has 3 heteroatoms. The van der Waals surface area contributed by atoms with Gasteiger partial charge in [0.1, 0.15) is 0 Å². The monoisotopic (exact) mass is 286 g/mol. The molecule has 0 saturated heterocycles. The van der Waals surface area contributed by atoms with Crippen molar-refractivity contribution < 1.29 is 4.79 Å². The molecule has 0 aliphatic heterocycles. The highest BCUT2D eigenvalue weighted by atomic mass is 16.1. The van der Waals surface area contributed by atoms with Crippen LogP contribution in [0.5, 0.6) is 0 Å². The summed E-state index contributed by atoms with van der Waals surface area (Å²) in [5.74, 6) is 0.00662. The van der Waals surface area contributed by atoms with Gasteiger partial charge in [0.05, 0.1) is 11.4 Å². The Morgan fingerprint density at radius 2 is 1.00 bits per heavy atom. The maximum Gasteiger partial charge on any atom is 0.193 e. The molecule has 0 aliphatic rings. The lowest BCUT2D eigenvalue weighted by atomic mass is 10.0. The topological polar surface area (TPSA) is 41.8 Å². The fourth-order valence-electron chi connectivity index (χ4n) is 2.05. The molecule has 3 aromatic carbocycles. The Labute approximate surface area is 129 Å². The summed E-state index contributed by atoms with van der Waals surface area (Å²) in [6.07, 6.45) is 0. The number of nitrogens with zero attached hydrogens (tertiary/aromatic N) is 2. The van der Waals surface area contributed by atoms with Gasteiger partial charge < -0.3 is 0 Å². The second kappa shape index (κ2) is 6.59. The molecule has 0 unspecified atom stereocenters. The predicted molar refractivity (Wildman–Crippen MR) is 86.9 cm³/mol. The summed E-state index contributed by atoms with van der Waals surface area (Å²) >= 11 is 0. The molecule has 0 aromatic heterocycles. The van der Waals surface area contributed by atoms with Gasteiger partial charge in [-0.05, 0) is 36.4 Å². The first-order chi connectivity index (χ1) is 10.8. The fraction of sp³-hybridized carbons (Fsp3) is 0. The van der Waals surface area contributed by atoms with E-state index in [1.807, 2.05) is 60.7 Å². The van der Waals surface area contributed by atoms with Gasteiger partial charge in [-0.15, -0.1) is 0 Å². The van der Waals surface area contributed by atoms with E-state index in [-0.39, 0.29) is 5.78 Å². The van der Waals surface area contributed by atoms with Crippen LogP contribution in [0.3, 0.4) is 0 Å². The Kier molecular flexibility index (Phi) is 4.16. The largest absolute Gasteiger partial charge is 0.289 e. The van der Waals surface area contributed by atoms with Gasteiger partial charge in [0.2, 0.25) is 0 Å². The van der Waals surface area contributed by atoms with Gasteiger partial charge in [0, 0.05) is 11.1 Å². The van der Waals surface area contributed by atoms with Crippen LogP contribution in [0.1, 0.15) is 15.9 Å². The molecule has 0 spiro atoms. The van der Waals surface area contributed by atoms with E-state index in [9.17, 15) is 4.79 Å². The molecule has 3 nitrogen and oxygen atoms in total. The number of hydrogen-bond donors (Lipinski definition) is 0. The van der Waals surface area contributed by atoms with Crippen LogP contribution in [0.2, 0.25) is 0 Å². The van der Waals surface area contributed by atoms with Gasteiger partial charge in [-0.1, -0.05) is 48.5 Å². The van der Waals surface area contributed by atoms with E-state index >= 15 is 0 Å². The quantitative estimate of drug-likeness (QED) is 0.472. The van der Waals surface area contributed by atoms with Crippen LogP contribution in [-0.2, 0) is 0 Å². The minimum atomic E-state index is 0.00662. The number of rotatable bonds is 4. The van der Waals surface area contributed by atoms with E-state index in [2.05, 4.69) is 10.2 Å². The van der Waals surface area contributed by atoms with Crippen molar-refractivity contribution in [3.8, 4) is 0 Å². The van der Waals surface area contributed by atoms with Crippen LogP contribution in [0.4, 0.5) is 11.4 Å². The highest BCUT2D eigenvalue weighted by molar-refractivity contribution is 6.09. The summed E-state index contributed by atoms with van der Waals surface area (Å²) < 4.78 is 0. The van der Waals surface area contributed by atoms with Crippen LogP contribution in [0.25, 0.3) is 0 Å². The lowest BCUT2D eigenvalue weighted by Crippen LogP contribution is -1.99. The Morgan fingerprint density at radius 3 is 1.59 bits per heavy atom. The van der Waals surface area contributed by atoms with E-state index in [1.165, 1.54) is 0 Å². The number of ketones is 1. The Morgan fingerprint density at radius 1 is 0.545 bits per heavy atom. The molecule has 0 atom stereocenters. The van der Waals surface area contributed by atoms with Crippen LogP contribution < -0.4 is 0 Å². The van der Waals surface area contributed by atoms with Crippen molar-refractivity contribution in [3.05, 3.63) is 96.1 Å². The molecule has 0 radical (unpaired) electrons. The van der Waals surface area contributed by atoms with Crippen molar-refractivity contribution in [3.63, 3.8) is 0 Å². The molecule has 0 saturated carbocycles. The summed E-state index contributed by atoms with van der Waals surface area (Å²) in [4.78, 5) is 12.3. The molecule has 22 heavy (non-hydrogen) atoms. The van der Waals surface area contributed by atoms with Gasteiger partial charge in [-0.25, -0.2) is 0 Å². The smallest absolute Gasteiger partial charge is 0.193 e. The maximum atomic E-state index is 12.3. The van der Waals surface area contributed by atoms with E-state index in [1.54, 1.807) is 24.3 Å². The Hall–Kier alpha value is -3.07. The fourth-order valence-corrected chi connectivity index (χ4v) is 2.05. The van der Waals surface area contributed by atoms with Gasteiger partial charge in [-0.2, -0.15) is 10.2 Å². The molecule has 0 bridgehead atoms. The van der Waals surface area contributed by atoms with Crippen molar-refractivity contribution in [2.24, 2.45) is 10.2 Å². The molecule has 3 aromatic rings. The Bertz CT molecular complexity index is 779. The summed E-state index contributed by atoms with van der Waals surface area (Å²) in [7, 11) is 0. The second-order valence-electron chi connectivity index (χ2n) is 4.78. The number of carbonyl (C=O) groups excluding carboxylic acids is 1. The van der Waals surface area contributed by atoms with Crippen molar-refractivity contribution in [1.29, 1.82) is 0 Å². The first kappa shape index (κ1) is 13.9. The number of benzene rings is 3. The highest BCUT2D eigenvalue weighted by Crippen LogP contribution is 2.19. The molecule has 0 N–H and O–H groups in total. The standard InChI is InChI=1S/C19H14N2O/c22-19(15-7-3-1-4-8-15)16-11-13-18(14-12-16)21-20-17-9-5-2-6-10-17/h1-14H. The van der Waals surface area contributed by atoms with Crippen LogP contribution in [0, 0.1) is 0 Å². The lowest BCUT2D eigenvalue weighted by Gasteiger charge is -2.01. The normalized spacial score (nSPS) is 10.7. The van der Waals surface area contributed by atoms with Crippen molar-refractivity contribution in [2.75, 3.05) is 0 Å². The molecule has 0 fully saturated rings. The van der Waals surface area contributed by atoms with E-state index in [0.29, 0.717) is 16.8 Å². The first-order valence-corrected chi connectivity index (χ1v) is 6.99. The maximum absolute atomic E-state index is 12.3. The Balaban J connectivity index is 1.76. The SMILES string of the molecule is O=C(c1ccccc1)c1ccc(N=Nc2ccccc2)cc1. The number of hydrogen-bond acceptors (Lipinski definition) is 3. The lowest BCUT2D eigenvalue weighted by molar-refractivity contribution is 0.103. The summed E-state index contributed by atoms with van der Waals surface area (Å²) in [5, 5.41) is 8.31. The van der Waals surface area contributed by atoms with Crippen LogP contribution in [0.15, 0.2) is 95.2 Å². The molecule has 0 amide bonds.